The van der Waals surface area contributed by atoms with Crippen LogP contribution in [0.5, 0.6) is 0 Å². The average Bonchev–Trinajstić information content (AvgIpc) is 3.39. The summed E-state index contributed by atoms with van der Waals surface area (Å²) < 4.78 is 1.91. The third-order valence-electron chi connectivity index (χ3n) is 4.29. The molecule has 3 N–H and O–H groups in total. The fourth-order valence-corrected chi connectivity index (χ4v) is 4.68. The van der Waals surface area contributed by atoms with Crippen molar-refractivity contribution in [2.24, 2.45) is 0 Å². The van der Waals surface area contributed by atoms with Gasteiger partial charge in [-0.3, -0.25) is 10.6 Å². The third kappa shape index (κ3) is 4.05. The van der Waals surface area contributed by atoms with E-state index in [4.69, 9.17) is 5.11 Å². The fraction of sp³-hybridized carbons (Fsp3) is 0.375. The number of rotatable bonds is 4. The summed E-state index contributed by atoms with van der Waals surface area (Å²) in [6, 6.07) is -0.247. The summed E-state index contributed by atoms with van der Waals surface area (Å²) in [7, 11) is 0. The van der Waals surface area contributed by atoms with Crippen molar-refractivity contribution in [1.29, 1.82) is 0 Å². The van der Waals surface area contributed by atoms with Crippen molar-refractivity contribution in [2.75, 3.05) is 17.2 Å². The van der Waals surface area contributed by atoms with Gasteiger partial charge in [0.05, 0.1) is 18.4 Å². The lowest BCUT2D eigenvalue weighted by molar-refractivity contribution is 0.140. The smallest absolute Gasteiger partial charge is 0.407 e. The first-order valence-electron chi connectivity index (χ1n) is 8.81. The van der Waals surface area contributed by atoms with Crippen molar-refractivity contribution in [2.45, 2.75) is 32.9 Å². The Morgan fingerprint density at radius 3 is 2.86 bits per heavy atom. The van der Waals surface area contributed by atoms with Gasteiger partial charge in [0.1, 0.15) is 11.3 Å². The maximum Gasteiger partial charge on any atom is 0.407 e. The lowest BCUT2D eigenvalue weighted by Gasteiger charge is -2.22. The Labute approximate surface area is 173 Å². The summed E-state index contributed by atoms with van der Waals surface area (Å²) in [5.41, 5.74) is 0.830. The van der Waals surface area contributed by atoms with Crippen LogP contribution in [0.2, 0.25) is 0 Å². The van der Waals surface area contributed by atoms with Crippen LogP contribution in [-0.4, -0.2) is 53.4 Å². The van der Waals surface area contributed by atoms with Crippen LogP contribution in [0.25, 0.3) is 10.8 Å². The molecule has 13 heteroatoms. The van der Waals surface area contributed by atoms with Gasteiger partial charge in [-0.15, -0.1) is 10.2 Å². The number of aromatic nitrogens is 5. The minimum atomic E-state index is -0.953. The average molecular weight is 435 g/mol. The van der Waals surface area contributed by atoms with Gasteiger partial charge in [-0.05, 0) is 13.8 Å². The molecular weight excluding hydrogens is 416 g/mol. The Hall–Kier alpha value is -3.06. The zero-order valence-corrected chi connectivity index (χ0v) is 17.2. The monoisotopic (exact) mass is 434 g/mol. The summed E-state index contributed by atoms with van der Waals surface area (Å²) in [4.78, 5) is 34.3. The number of urea groups is 1. The molecule has 0 fully saturated rings. The molecule has 1 aliphatic heterocycles. The Bertz CT molecular complexity index is 1060. The highest BCUT2D eigenvalue weighted by molar-refractivity contribution is 7.19. The lowest BCUT2D eigenvalue weighted by Crippen LogP contribution is -2.34. The zero-order chi connectivity index (χ0) is 20.5. The van der Waals surface area contributed by atoms with E-state index in [0.29, 0.717) is 40.5 Å². The second-order valence-corrected chi connectivity index (χ2v) is 8.72. The van der Waals surface area contributed by atoms with E-state index >= 15 is 0 Å². The highest BCUT2D eigenvalue weighted by atomic mass is 32.1. The van der Waals surface area contributed by atoms with Crippen LogP contribution in [-0.2, 0) is 13.0 Å². The van der Waals surface area contributed by atoms with Crippen LogP contribution in [0, 0.1) is 0 Å². The van der Waals surface area contributed by atoms with E-state index in [2.05, 4.69) is 30.8 Å². The highest BCUT2D eigenvalue weighted by Crippen LogP contribution is 2.30. The topological polar surface area (TPSA) is 138 Å². The van der Waals surface area contributed by atoms with E-state index in [1.807, 2.05) is 18.4 Å². The largest absolute Gasteiger partial charge is 0.465 e. The molecule has 0 radical (unpaired) electrons. The first-order chi connectivity index (χ1) is 13.9. The molecule has 0 saturated heterocycles. The molecule has 4 heterocycles. The van der Waals surface area contributed by atoms with Crippen LogP contribution < -0.4 is 10.6 Å². The van der Waals surface area contributed by atoms with Gasteiger partial charge in [0.15, 0.2) is 16.0 Å². The molecule has 3 aromatic rings. The minimum Gasteiger partial charge on any atom is -0.465 e. The second-order valence-electron chi connectivity index (χ2n) is 6.61. The Morgan fingerprint density at radius 1 is 1.28 bits per heavy atom. The van der Waals surface area contributed by atoms with Crippen molar-refractivity contribution >= 4 is 44.9 Å². The van der Waals surface area contributed by atoms with Crippen LogP contribution in [0.1, 0.15) is 30.5 Å². The summed E-state index contributed by atoms with van der Waals surface area (Å²) in [5.74, 6) is 0.647. The first kappa shape index (κ1) is 19.3. The van der Waals surface area contributed by atoms with Crippen molar-refractivity contribution in [3.63, 3.8) is 0 Å². The van der Waals surface area contributed by atoms with Crippen molar-refractivity contribution in [3.05, 3.63) is 23.1 Å². The Kier molecular flexibility index (Phi) is 5.15. The molecular formula is C16H18N8O3S2. The van der Waals surface area contributed by atoms with Gasteiger partial charge < -0.3 is 14.6 Å². The first-order valence-corrected chi connectivity index (χ1v) is 10.4. The summed E-state index contributed by atoms with van der Waals surface area (Å²) in [6.07, 6.45) is 2.80. The van der Waals surface area contributed by atoms with E-state index in [1.165, 1.54) is 27.6 Å². The summed E-state index contributed by atoms with van der Waals surface area (Å²) >= 11 is 2.58. The van der Waals surface area contributed by atoms with Crippen molar-refractivity contribution < 1.29 is 14.7 Å². The molecule has 4 rings (SSSR count). The molecule has 3 amide bonds. The molecule has 0 aromatic carbocycles. The number of hydrogen-bond acceptors (Lipinski definition) is 8. The van der Waals surface area contributed by atoms with E-state index in [1.54, 1.807) is 12.5 Å². The number of thiazole rings is 2. The van der Waals surface area contributed by atoms with Gasteiger partial charge in [0.2, 0.25) is 0 Å². The number of carboxylic acid groups (broad SMARTS) is 1. The number of carbonyl (C=O) groups is 2. The van der Waals surface area contributed by atoms with Gasteiger partial charge >= 0.3 is 12.1 Å². The van der Waals surface area contributed by atoms with Gasteiger partial charge in [-0.25, -0.2) is 19.6 Å². The number of carbonyl (C=O) groups excluding carboxylic acids is 1. The molecule has 0 unspecified atom stereocenters. The molecule has 0 spiro atoms. The number of anilines is 2. The van der Waals surface area contributed by atoms with Crippen LogP contribution >= 0.6 is 22.7 Å². The molecule has 3 aromatic heterocycles. The number of nitrogens with zero attached hydrogens (tertiary/aromatic N) is 6. The highest BCUT2D eigenvalue weighted by Gasteiger charge is 2.24. The maximum atomic E-state index is 12.3. The quantitative estimate of drug-likeness (QED) is 0.573. The Morgan fingerprint density at radius 2 is 2.10 bits per heavy atom. The lowest BCUT2D eigenvalue weighted by atomic mass is 10.2. The van der Waals surface area contributed by atoms with E-state index in [0.717, 1.165) is 10.6 Å². The van der Waals surface area contributed by atoms with Gasteiger partial charge in [0.25, 0.3) is 0 Å². The summed E-state index contributed by atoms with van der Waals surface area (Å²) in [6.45, 7) is 4.75. The maximum absolute atomic E-state index is 12.3. The van der Waals surface area contributed by atoms with Gasteiger partial charge in [-0.2, -0.15) is 0 Å². The zero-order valence-electron chi connectivity index (χ0n) is 15.6. The predicted molar refractivity (Wildman–Crippen MR) is 108 cm³/mol. The van der Waals surface area contributed by atoms with Crippen molar-refractivity contribution in [1.82, 2.24) is 29.6 Å². The standard InChI is InChI=1S/C16H18N8O3S2/c1-8(2)24-7-18-22-12(24)13-17-5-11(29-13)20-14(25)21-15-19-9-3-4-23(16(26)27)6-10(9)28-15/h5,7-8H,3-4,6H2,1-2H3,(H,26,27)(H2,19,20,21,25). The van der Waals surface area contributed by atoms with E-state index in [9.17, 15) is 9.59 Å². The van der Waals surface area contributed by atoms with Crippen molar-refractivity contribution in [3.8, 4) is 10.8 Å². The number of hydrogen-bond donors (Lipinski definition) is 3. The molecule has 1 aliphatic rings. The molecule has 0 aliphatic carbocycles. The van der Waals surface area contributed by atoms with Gasteiger partial charge in [0, 0.05) is 23.9 Å². The molecule has 11 nitrogen and oxygen atoms in total. The number of nitrogens with one attached hydrogen (secondary N) is 2. The molecule has 0 bridgehead atoms. The van der Waals surface area contributed by atoms with Gasteiger partial charge in [-0.1, -0.05) is 22.7 Å². The Balaban J connectivity index is 1.41. The predicted octanol–water partition coefficient (Wildman–Crippen LogP) is 3.12. The summed E-state index contributed by atoms with van der Waals surface area (Å²) in [5, 5.41) is 24.2. The van der Waals surface area contributed by atoms with Crippen LogP contribution in [0.15, 0.2) is 12.5 Å². The minimum absolute atomic E-state index is 0.191. The molecule has 152 valence electrons. The molecule has 0 saturated carbocycles. The normalized spacial score (nSPS) is 13.4. The number of amides is 3. The van der Waals surface area contributed by atoms with Crippen LogP contribution in [0.4, 0.5) is 19.7 Å². The molecule has 0 atom stereocenters. The SMILES string of the molecule is CC(C)n1cnnc1-c1ncc(NC(=O)Nc2nc3c(s2)CN(C(=O)O)CC3)s1. The number of fused-ring (bicyclic) bond motifs is 1. The van der Waals surface area contributed by atoms with E-state index in [-0.39, 0.29) is 6.04 Å². The second kappa shape index (κ2) is 7.75. The third-order valence-corrected chi connectivity index (χ3v) is 6.19. The van der Waals surface area contributed by atoms with Crippen LogP contribution in [0.3, 0.4) is 0 Å². The fourth-order valence-electron chi connectivity index (χ4n) is 2.86. The molecule has 29 heavy (non-hydrogen) atoms. The van der Waals surface area contributed by atoms with E-state index < -0.39 is 12.1 Å².